The van der Waals surface area contributed by atoms with Crippen molar-refractivity contribution in [1.82, 2.24) is 9.21 Å². The molecule has 4 atom stereocenters. The molecule has 9 heteroatoms. The highest BCUT2D eigenvalue weighted by molar-refractivity contribution is 7.89. The number of carbonyl (C=O) groups excluding carboxylic acids is 1. The summed E-state index contributed by atoms with van der Waals surface area (Å²) in [5, 5.41) is 19.3. The van der Waals surface area contributed by atoms with Crippen LogP contribution in [0.5, 0.6) is 5.75 Å². The van der Waals surface area contributed by atoms with Gasteiger partial charge in [-0.15, -0.1) is 0 Å². The largest absolute Gasteiger partial charge is 0.487 e. The van der Waals surface area contributed by atoms with Crippen molar-refractivity contribution in [2.75, 3.05) is 26.7 Å². The molecule has 35 heavy (non-hydrogen) atoms. The number of amides is 1. The first-order chi connectivity index (χ1) is 16.5. The van der Waals surface area contributed by atoms with E-state index in [0.29, 0.717) is 12.1 Å². The van der Waals surface area contributed by atoms with E-state index < -0.39 is 28.3 Å². The van der Waals surface area contributed by atoms with E-state index in [1.165, 1.54) is 16.8 Å². The van der Waals surface area contributed by atoms with Crippen molar-refractivity contribution in [3.05, 3.63) is 23.8 Å². The molecule has 1 saturated carbocycles. The Balaban J connectivity index is 1.97. The van der Waals surface area contributed by atoms with Crippen LogP contribution in [-0.2, 0) is 14.8 Å². The molecule has 0 radical (unpaired) electrons. The van der Waals surface area contributed by atoms with Gasteiger partial charge >= 0.3 is 0 Å². The Bertz CT molecular complexity index is 1060. The molecule has 1 aromatic carbocycles. The topological polar surface area (TPSA) is 107 Å². The third kappa shape index (κ3) is 6.56. The summed E-state index contributed by atoms with van der Waals surface area (Å²) < 4.78 is 34.7. The molecular formula is C26H38N2O6S. The van der Waals surface area contributed by atoms with Gasteiger partial charge in [0, 0.05) is 37.0 Å². The Morgan fingerprint density at radius 2 is 1.94 bits per heavy atom. The minimum atomic E-state index is -3.95. The van der Waals surface area contributed by atoms with Gasteiger partial charge in [0.05, 0.1) is 13.2 Å². The molecular weight excluding hydrogens is 468 g/mol. The van der Waals surface area contributed by atoms with Gasteiger partial charge in [-0.2, -0.15) is 4.31 Å². The molecule has 194 valence electrons. The molecule has 1 aliphatic heterocycles. The van der Waals surface area contributed by atoms with Crippen molar-refractivity contribution < 1.29 is 28.2 Å². The fraction of sp³-hybridized carbons (Fsp3) is 0.654. The zero-order valence-electron chi connectivity index (χ0n) is 21.1. The van der Waals surface area contributed by atoms with E-state index in [4.69, 9.17) is 4.74 Å². The lowest BCUT2D eigenvalue weighted by molar-refractivity contribution is -0.136. The van der Waals surface area contributed by atoms with Gasteiger partial charge in [-0.1, -0.05) is 38.0 Å². The fourth-order valence-corrected chi connectivity index (χ4v) is 6.56. The molecule has 1 amide bonds. The maximum atomic E-state index is 13.5. The molecule has 2 N–H and O–H groups in total. The maximum absolute atomic E-state index is 13.5. The lowest BCUT2D eigenvalue weighted by Gasteiger charge is -2.38. The molecule has 0 bridgehead atoms. The minimum absolute atomic E-state index is 0.00134. The number of ether oxygens (including phenoxy) is 1. The number of hydrogen-bond donors (Lipinski definition) is 2. The molecule has 0 saturated heterocycles. The van der Waals surface area contributed by atoms with Crippen molar-refractivity contribution in [2.45, 2.75) is 76.0 Å². The number of benzene rings is 1. The van der Waals surface area contributed by atoms with Crippen molar-refractivity contribution >= 4 is 15.9 Å². The summed E-state index contributed by atoms with van der Waals surface area (Å²) in [4.78, 5) is 14.8. The number of rotatable bonds is 5. The number of aliphatic hydroxyl groups excluding tert-OH is 2. The number of aliphatic hydroxyl groups is 2. The second-order valence-corrected chi connectivity index (χ2v) is 11.8. The zero-order valence-corrected chi connectivity index (χ0v) is 21.9. The van der Waals surface area contributed by atoms with Gasteiger partial charge in [0.2, 0.25) is 15.9 Å². The highest BCUT2D eigenvalue weighted by Crippen LogP contribution is 2.34. The van der Waals surface area contributed by atoms with E-state index in [1.54, 1.807) is 37.9 Å². The average Bonchev–Trinajstić information content (AvgIpc) is 2.84. The van der Waals surface area contributed by atoms with E-state index in [2.05, 4.69) is 11.8 Å². The third-order valence-corrected chi connectivity index (χ3v) is 8.90. The Morgan fingerprint density at radius 3 is 2.57 bits per heavy atom. The number of fused-ring (bicyclic) bond motifs is 1. The highest BCUT2D eigenvalue weighted by atomic mass is 32.2. The van der Waals surface area contributed by atoms with Crippen LogP contribution in [-0.4, -0.2) is 78.7 Å². The molecule has 2 aliphatic rings. The summed E-state index contributed by atoms with van der Waals surface area (Å²) in [5.41, 5.74) is 0.514. The van der Waals surface area contributed by atoms with Crippen LogP contribution in [0.25, 0.3) is 0 Å². The number of likely N-dealkylation sites (N-methyl/N-ethyl adjacent to an activating group) is 1. The zero-order chi connectivity index (χ0) is 25.8. The van der Waals surface area contributed by atoms with E-state index >= 15 is 0 Å². The lowest BCUT2D eigenvalue weighted by Crippen LogP contribution is -2.50. The van der Waals surface area contributed by atoms with Crippen molar-refractivity contribution in [2.24, 2.45) is 11.8 Å². The Morgan fingerprint density at radius 1 is 1.26 bits per heavy atom. The lowest BCUT2D eigenvalue weighted by atomic mass is 9.88. The van der Waals surface area contributed by atoms with Gasteiger partial charge in [-0.25, -0.2) is 8.42 Å². The molecule has 8 nitrogen and oxygen atoms in total. The number of nitrogens with zero attached hydrogens (tertiary/aromatic N) is 2. The number of sulfonamides is 1. The van der Waals surface area contributed by atoms with Crippen molar-refractivity contribution in [3.8, 4) is 17.6 Å². The first-order valence-electron chi connectivity index (χ1n) is 12.4. The second kappa shape index (κ2) is 11.7. The van der Waals surface area contributed by atoms with E-state index in [1.807, 2.05) is 6.92 Å². The minimum Gasteiger partial charge on any atom is -0.487 e. The number of carbonyl (C=O) groups is 1. The van der Waals surface area contributed by atoms with Crippen molar-refractivity contribution in [1.29, 1.82) is 0 Å². The first kappa shape index (κ1) is 27.5. The van der Waals surface area contributed by atoms with Crippen LogP contribution in [0, 0.1) is 23.7 Å². The summed E-state index contributed by atoms with van der Waals surface area (Å²) in [5.74, 6) is 5.54. The fourth-order valence-electron chi connectivity index (χ4n) is 4.73. The molecule has 1 heterocycles. The Kier molecular flexibility index (Phi) is 9.22. The number of hydrogen-bond acceptors (Lipinski definition) is 6. The normalized spacial score (nSPS) is 24.5. The maximum Gasteiger partial charge on any atom is 0.247 e. The smallest absolute Gasteiger partial charge is 0.247 e. The van der Waals surface area contributed by atoms with Gasteiger partial charge in [0.15, 0.2) is 0 Å². The predicted molar refractivity (Wildman–Crippen MR) is 133 cm³/mol. The first-order valence-corrected chi connectivity index (χ1v) is 13.9. The van der Waals surface area contributed by atoms with Crippen LogP contribution in [0.3, 0.4) is 0 Å². The van der Waals surface area contributed by atoms with Crippen LogP contribution in [0.4, 0.5) is 0 Å². The van der Waals surface area contributed by atoms with Crippen LogP contribution < -0.4 is 4.74 Å². The van der Waals surface area contributed by atoms with Crippen LogP contribution in [0.1, 0.15) is 58.4 Å². The van der Waals surface area contributed by atoms with Crippen LogP contribution in [0.2, 0.25) is 0 Å². The van der Waals surface area contributed by atoms with Crippen LogP contribution >= 0.6 is 0 Å². The monoisotopic (exact) mass is 506 g/mol. The van der Waals surface area contributed by atoms with Crippen molar-refractivity contribution in [3.63, 3.8) is 0 Å². The molecule has 0 unspecified atom stereocenters. The second-order valence-electron chi connectivity index (χ2n) is 9.90. The van der Waals surface area contributed by atoms with Crippen LogP contribution in [0.15, 0.2) is 23.1 Å². The van der Waals surface area contributed by atoms with Gasteiger partial charge in [0.1, 0.15) is 22.9 Å². The molecule has 1 aliphatic carbocycles. The SMILES string of the molecule is C[C@H](O)C#Cc1ccc2c(c1)O[C@@H](CN(C)C(=O)C1CCCCC1)[C@H](C)CN([C@@H](C)CO)S2(=O)=O. The van der Waals surface area contributed by atoms with Gasteiger partial charge in [0.25, 0.3) is 0 Å². The Labute approximate surface area is 209 Å². The molecule has 3 rings (SSSR count). The summed E-state index contributed by atoms with van der Waals surface area (Å²) in [6.45, 7) is 5.28. The van der Waals surface area contributed by atoms with E-state index in [9.17, 15) is 23.4 Å². The quantitative estimate of drug-likeness (QED) is 0.593. The standard InChI is InChI=1S/C26H38N2O6S/c1-18-15-28(19(2)17-29)35(32,33)25-13-12-21(11-10-20(3)30)14-23(25)34-24(18)16-27(4)26(31)22-8-6-5-7-9-22/h12-14,18-20,22,24,29-30H,5-9,15-17H2,1-4H3/t18-,19+,20+,24+/m1/s1. The predicted octanol–water partition coefficient (Wildman–Crippen LogP) is 2.23. The molecule has 0 spiro atoms. The van der Waals surface area contributed by atoms with Gasteiger partial charge < -0.3 is 19.8 Å². The summed E-state index contributed by atoms with van der Waals surface area (Å²) in [6, 6.07) is 3.98. The summed E-state index contributed by atoms with van der Waals surface area (Å²) >= 11 is 0. The molecule has 1 fully saturated rings. The van der Waals surface area contributed by atoms with Gasteiger partial charge in [-0.05, 0) is 44.9 Å². The molecule has 1 aromatic rings. The summed E-state index contributed by atoms with van der Waals surface area (Å²) in [7, 11) is -2.17. The van der Waals surface area contributed by atoms with Gasteiger partial charge in [-0.3, -0.25) is 4.79 Å². The summed E-state index contributed by atoms with van der Waals surface area (Å²) in [6.07, 6.45) is 3.81. The Hall–Kier alpha value is -2.12. The third-order valence-electron chi connectivity index (χ3n) is 6.88. The van der Waals surface area contributed by atoms with E-state index in [0.717, 1.165) is 25.7 Å². The average molecular weight is 507 g/mol. The molecule has 0 aromatic heterocycles. The highest BCUT2D eigenvalue weighted by Gasteiger charge is 2.38. The van der Waals surface area contributed by atoms with E-state index in [-0.39, 0.29) is 41.5 Å².